The van der Waals surface area contributed by atoms with Crippen LogP contribution in [0, 0.1) is 0 Å². The van der Waals surface area contributed by atoms with Crippen molar-refractivity contribution in [1.82, 2.24) is 9.97 Å². The second-order valence-corrected chi connectivity index (χ2v) is 5.26. The summed E-state index contributed by atoms with van der Waals surface area (Å²) in [6, 6.07) is 4.94. The van der Waals surface area contributed by atoms with Crippen molar-refractivity contribution < 1.29 is 9.47 Å². The van der Waals surface area contributed by atoms with Gasteiger partial charge >= 0.3 is 0 Å². The summed E-state index contributed by atoms with van der Waals surface area (Å²) in [6.07, 6.45) is 1.55. The van der Waals surface area contributed by atoms with E-state index in [9.17, 15) is 0 Å². The van der Waals surface area contributed by atoms with E-state index in [2.05, 4.69) is 15.3 Å². The summed E-state index contributed by atoms with van der Waals surface area (Å²) < 4.78 is 10.9. The monoisotopic (exact) mass is 358 g/mol. The maximum Gasteiger partial charge on any atom is 0.222 e. The van der Waals surface area contributed by atoms with Gasteiger partial charge in [-0.25, -0.2) is 9.97 Å². The number of ether oxygens (including phenoxy) is 2. The van der Waals surface area contributed by atoms with Crippen LogP contribution in [0.2, 0.25) is 10.3 Å². The highest BCUT2D eigenvalue weighted by Crippen LogP contribution is 2.36. The second-order valence-electron chi connectivity index (χ2n) is 4.08. The number of methoxy groups -OCH3 is 1. The molecule has 0 atom stereocenters. The van der Waals surface area contributed by atoms with E-state index in [0.29, 0.717) is 27.9 Å². The molecule has 0 fully saturated rings. The van der Waals surface area contributed by atoms with E-state index in [1.54, 1.807) is 24.4 Å². The number of hydrogen-bond acceptors (Lipinski definition) is 5. The van der Waals surface area contributed by atoms with Gasteiger partial charge in [0.05, 0.1) is 23.5 Å². The van der Waals surface area contributed by atoms with Crippen molar-refractivity contribution in [1.29, 1.82) is 0 Å². The quantitative estimate of drug-likeness (QED) is 0.627. The molecule has 0 unspecified atom stereocenters. The normalized spacial score (nSPS) is 10.1. The predicted molar refractivity (Wildman–Crippen MR) is 89.8 cm³/mol. The third-order valence-electron chi connectivity index (χ3n) is 2.57. The number of benzene rings is 1. The summed E-state index contributed by atoms with van der Waals surface area (Å²) in [4.78, 5) is 7.83. The summed E-state index contributed by atoms with van der Waals surface area (Å²) in [6.45, 7) is 0.188. The molecule has 116 valence electrons. The maximum atomic E-state index is 6.18. The van der Waals surface area contributed by atoms with Crippen LogP contribution in [0.5, 0.6) is 11.5 Å². The Morgan fingerprint density at radius 2 is 2.14 bits per heavy atom. The number of nitrogens with one attached hydrogen (secondary N) is 1. The van der Waals surface area contributed by atoms with E-state index in [4.69, 9.17) is 50.6 Å². The summed E-state index contributed by atoms with van der Waals surface area (Å²) in [5.74, 6) is 0.926. The van der Waals surface area contributed by atoms with Crippen LogP contribution < -0.4 is 20.5 Å². The van der Waals surface area contributed by atoms with Crippen molar-refractivity contribution in [2.75, 3.05) is 12.4 Å². The Kier molecular flexibility index (Phi) is 5.59. The first kappa shape index (κ1) is 16.5. The highest BCUT2D eigenvalue weighted by molar-refractivity contribution is 7.80. The Bertz CT molecular complexity index is 700. The molecule has 0 aliphatic carbocycles. The second kappa shape index (κ2) is 7.44. The number of rotatable bonds is 5. The number of aromatic nitrogens is 2. The number of nitrogens with two attached hydrogens (primary N) is 1. The minimum atomic E-state index is 0.110. The number of nitrogens with zero attached hydrogens (tertiary/aromatic N) is 2. The average Bonchev–Trinajstić information content (AvgIpc) is 2.46. The zero-order valence-corrected chi connectivity index (χ0v) is 13.8. The molecule has 1 aromatic heterocycles. The average molecular weight is 359 g/mol. The van der Waals surface area contributed by atoms with Gasteiger partial charge in [-0.2, -0.15) is 0 Å². The fourth-order valence-electron chi connectivity index (χ4n) is 1.65. The Hall–Kier alpha value is -1.83. The third-order valence-corrected chi connectivity index (χ3v) is 3.15. The molecule has 6 nitrogen and oxygen atoms in total. The number of thiocarbonyl (C=S) groups is 1. The molecule has 0 spiro atoms. The van der Waals surface area contributed by atoms with Gasteiger partial charge in [-0.3, -0.25) is 0 Å². The van der Waals surface area contributed by atoms with E-state index in [1.807, 2.05) is 0 Å². The lowest BCUT2D eigenvalue weighted by atomic mass is 10.2. The molecule has 3 N–H and O–H groups in total. The smallest absolute Gasteiger partial charge is 0.222 e. The predicted octanol–water partition coefficient (Wildman–Crippen LogP) is 3.03. The van der Waals surface area contributed by atoms with E-state index < -0.39 is 0 Å². The highest BCUT2D eigenvalue weighted by Gasteiger charge is 2.11. The molecular formula is C13H12Cl2N4O2S. The van der Waals surface area contributed by atoms with Gasteiger partial charge in [0.25, 0.3) is 0 Å². The topological polar surface area (TPSA) is 82.3 Å². The number of halogens is 2. The first-order valence-electron chi connectivity index (χ1n) is 6.04. The van der Waals surface area contributed by atoms with Gasteiger partial charge in [0.2, 0.25) is 5.28 Å². The summed E-state index contributed by atoms with van der Waals surface area (Å²) >= 11 is 16.7. The fourth-order valence-corrected chi connectivity index (χ4v) is 2.14. The van der Waals surface area contributed by atoms with Gasteiger partial charge in [-0.15, -0.1) is 0 Å². The van der Waals surface area contributed by atoms with Crippen LogP contribution in [0.1, 0.15) is 5.69 Å². The van der Waals surface area contributed by atoms with Gasteiger partial charge < -0.3 is 20.5 Å². The molecule has 22 heavy (non-hydrogen) atoms. The molecule has 0 aliphatic rings. The van der Waals surface area contributed by atoms with Gasteiger partial charge in [-0.05, 0) is 36.0 Å². The van der Waals surface area contributed by atoms with E-state index in [-0.39, 0.29) is 17.0 Å². The number of anilines is 1. The Balaban J connectivity index is 2.19. The van der Waals surface area contributed by atoms with Crippen LogP contribution >= 0.6 is 35.4 Å². The van der Waals surface area contributed by atoms with Crippen LogP contribution in [-0.2, 0) is 6.61 Å². The first-order valence-corrected chi connectivity index (χ1v) is 7.20. The zero-order chi connectivity index (χ0) is 16.1. The highest BCUT2D eigenvalue weighted by atomic mass is 35.5. The first-order chi connectivity index (χ1) is 10.5. The van der Waals surface area contributed by atoms with Crippen molar-refractivity contribution in [3.8, 4) is 11.5 Å². The Labute approximate surface area is 142 Å². The summed E-state index contributed by atoms with van der Waals surface area (Å²) in [7, 11) is 1.52. The lowest BCUT2D eigenvalue weighted by molar-refractivity contribution is 0.299. The lowest BCUT2D eigenvalue weighted by Gasteiger charge is -2.14. The van der Waals surface area contributed by atoms with Crippen LogP contribution in [-0.4, -0.2) is 22.2 Å². The fraction of sp³-hybridized carbons (Fsp3) is 0.154. The van der Waals surface area contributed by atoms with Gasteiger partial charge in [-0.1, -0.05) is 11.6 Å². The largest absolute Gasteiger partial charge is 0.494 e. The molecule has 0 saturated carbocycles. The molecule has 0 bridgehead atoms. The molecule has 1 heterocycles. The SMILES string of the molecule is COc1cc(OCc2ccnc(Cl)n2)c(Cl)cc1NC(N)=S. The molecule has 0 amide bonds. The van der Waals surface area contributed by atoms with Crippen molar-refractivity contribution in [3.63, 3.8) is 0 Å². The van der Waals surface area contributed by atoms with Crippen LogP contribution in [0.4, 0.5) is 5.69 Å². The standard InChI is InChI=1S/C13H12Cl2N4O2S/c1-20-11-5-10(8(14)4-9(11)19-13(16)22)21-6-7-2-3-17-12(15)18-7/h2-5H,6H2,1H3,(H3,16,19,22). The van der Waals surface area contributed by atoms with E-state index in [0.717, 1.165) is 0 Å². The third kappa shape index (κ3) is 4.33. The van der Waals surface area contributed by atoms with Crippen molar-refractivity contribution >= 4 is 46.2 Å². The molecule has 2 rings (SSSR count). The molecule has 9 heteroatoms. The Morgan fingerprint density at radius 3 is 2.77 bits per heavy atom. The molecular weight excluding hydrogens is 347 g/mol. The maximum absolute atomic E-state index is 6.18. The Morgan fingerprint density at radius 1 is 1.36 bits per heavy atom. The molecule has 0 aliphatic heterocycles. The minimum absolute atomic E-state index is 0.110. The van der Waals surface area contributed by atoms with Crippen molar-refractivity contribution in [2.24, 2.45) is 5.73 Å². The lowest BCUT2D eigenvalue weighted by Crippen LogP contribution is -2.19. The van der Waals surface area contributed by atoms with Crippen molar-refractivity contribution in [3.05, 3.63) is 40.4 Å². The molecule has 2 aromatic rings. The van der Waals surface area contributed by atoms with Gasteiger partial charge in [0.1, 0.15) is 18.1 Å². The van der Waals surface area contributed by atoms with Crippen LogP contribution in [0.3, 0.4) is 0 Å². The molecule has 0 saturated heterocycles. The molecule has 1 aromatic carbocycles. The minimum Gasteiger partial charge on any atom is -0.494 e. The van der Waals surface area contributed by atoms with Crippen molar-refractivity contribution in [2.45, 2.75) is 6.61 Å². The van der Waals surface area contributed by atoms with Gasteiger partial charge in [0, 0.05) is 12.3 Å². The van der Waals surface area contributed by atoms with Gasteiger partial charge in [0.15, 0.2) is 5.11 Å². The van der Waals surface area contributed by atoms with Crippen LogP contribution in [0.25, 0.3) is 0 Å². The van der Waals surface area contributed by atoms with Crippen LogP contribution in [0.15, 0.2) is 24.4 Å². The van der Waals surface area contributed by atoms with E-state index >= 15 is 0 Å². The summed E-state index contributed by atoms with van der Waals surface area (Å²) in [5, 5.41) is 3.42. The summed E-state index contributed by atoms with van der Waals surface area (Å²) in [5.41, 5.74) is 6.63. The number of hydrogen-bond donors (Lipinski definition) is 2. The van der Waals surface area contributed by atoms with E-state index in [1.165, 1.54) is 7.11 Å². The zero-order valence-electron chi connectivity index (χ0n) is 11.5. The molecule has 0 radical (unpaired) electrons.